The second-order valence-electron chi connectivity index (χ2n) is 3.55. The molecule has 1 atom stereocenters. The van der Waals surface area contributed by atoms with Gasteiger partial charge in [0.15, 0.2) is 0 Å². The molecular weight excluding hydrogens is 211 g/mol. The molecule has 0 spiro atoms. The Morgan fingerprint density at radius 2 is 2.00 bits per heavy atom. The van der Waals surface area contributed by atoms with E-state index in [1.807, 2.05) is 6.92 Å². The van der Waals surface area contributed by atoms with Crippen LogP contribution in [0.2, 0.25) is 0 Å². The lowest BCUT2D eigenvalue weighted by Gasteiger charge is -2.28. The summed E-state index contributed by atoms with van der Waals surface area (Å²) in [6, 6.07) is -0.368. The van der Waals surface area contributed by atoms with Gasteiger partial charge in [-0.15, -0.1) is 0 Å². The van der Waals surface area contributed by atoms with Crippen molar-refractivity contribution >= 4 is 5.97 Å². The molecule has 0 aliphatic rings. The topological polar surface area (TPSA) is 40.5 Å². The van der Waals surface area contributed by atoms with Crippen molar-refractivity contribution in [2.24, 2.45) is 0 Å². The zero-order valence-electron chi connectivity index (χ0n) is 8.84. The Morgan fingerprint density at radius 3 is 2.33 bits per heavy atom. The van der Waals surface area contributed by atoms with E-state index in [2.05, 4.69) is 0 Å². The van der Waals surface area contributed by atoms with Crippen molar-refractivity contribution in [1.82, 2.24) is 4.90 Å². The van der Waals surface area contributed by atoms with Crippen LogP contribution in [0.3, 0.4) is 0 Å². The quantitative estimate of drug-likeness (QED) is 0.755. The molecule has 6 heteroatoms. The van der Waals surface area contributed by atoms with Crippen LogP contribution in [-0.2, 0) is 4.79 Å². The van der Waals surface area contributed by atoms with Crippen molar-refractivity contribution in [3.05, 3.63) is 0 Å². The first kappa shape index (κ1) is 14.2. The van der Waals surface area contributed by atoms with Gasteiger partial charge in [0.2, 0.25) is 0 Å². The van der Waals surface area contributed by atoms with E-state index in [4.69, 9.17) is 5.11 Å². The van der Waals surface area contributed by atoms with E-state index in [9.17, 15) is 18.0 Å². The number of carbonyl (C=O) groups is 1. The lowest BCUT2D eigenvalue weighted by molar-refractivity contribution is -0.157. The first-order valence-electron chi connectivity index (χ1n) is 4.79. The van der Waals surface area contributed by atoms with E-state index < -0.39 is 25.2 Å². The normalized spacial score (nSPS) is 14.3. The average Bonchev–Trinajstić information content (AvgIpc) is 1.99. The van der Waals surface area contributed by atoms with Crippen molar-refractivity contribution in [3.8, 4) is 0 Å². The van der Waals surface area contributed by atoms with Gasteiger partial charge in [-0.1, -0.05) is 13.3 Å². The Morgan fingerprint density at radius 1 is 1.47 bits per heavy atom. The van der Waals surface area contributed by atoms with Crippen LogP contribution in [0.1, 0.15) is 26.7 Å². The Kier molecular flexibility index (Phi) is 5.64. The molecule has 15 heavy (non-hydrogen) atoms. The highest BCUT2D eigenvalue weighted by atomic mass is 19.4. The summed E-state index contributed by atoms with van der Waals surface area (Å²) in [6.45, 7) is 1.72. The van der Waals surface area contributed by atoms with Crippen molar-refractivity contribution in [1.29, 1.82) is 0 Å². The molecule has 0 aliphatic heterocycles. The van der Waals surface area contributed by atoms with Gasteiger partial charge < -0.3 is 5.11 Å². The standard InChI is InChI=1S/C9H16F3NO2/c1-3-4-7(2)13(5-8(14)15)6-9(10,11)12/h7H,3-6H2,1-2H3,(H,14,15). The minimum Gasteiger partial charge on any atom is -0.480 e. The Labute approximate surface area is 86.9 Å². The first-order valence-corrected chi connectivity index (χ1v) is 4.79. The lowest BCUT2D eigenvalue weighted by atomic mass is 10.1. The fraction of sp³-hybridized carbons (Fsp3) is 0.889. The van der Waals surface area contributed by atoms with E-state index in [0.717, 1.165) is 11.3 Å². The van der Waals surface area contributed by atoms with Crippen LogP contribution in [-0.4, -0.2) is 41.3 Å². The van der Waals surface area contributed by atoms with Crippen molar-refractivity contribution in [2.45, 2.75) is 38.9 Å². The molecule has 0 amide bonds. The number of halogens is 3. The molecule has 0 aromatic rings. The van der Waals surface area contributed by atoms with Gasteiger partial charge in [-0.25, -0.2) is 0 Å². The highest BCUT2D eigenvalue weighted by molar-refractivity contribution is 5.69. The maximum atomic E-state index is 12.1. The summed E-state index contributed by atoms with van der Waals surface area (Å²) in [6.07, 6.45) is -3.06. The van der Waals surface area contributed by atoms with Crippen LogP contribution in [0.25, 0.3) is 0 Å². The van der Waals surface area contributed by atoms with Crippen LogP contribution in [0.5, 0.6) is 0 Å². The van der Waals surface area contributed by atoms with Gasteiger partial charge in [0.1, 0.15) is 0 Å². The molecule has 0 radical (unpaired) electrons. The van der Waals surface area contributed by atoms with Crippen LogP contribution in [0.4, 0.5) is 13.2 Å². The van der Waals surface area contributed by atoms with E-state index in [1.165, 1.54) is 0 Å². The summed E-state index contributed by atoms with van der Waals surface area (Å²) in [5.41, 5.74) is 0. The average molecular weight is 227 g/mol. The SMILES string of the molecule is CCCC(C)N(CC(=O)O)CC(F)(F)F. The van der Waals surface area contributed by atoms with Crippen molar-refractivity contribution in [3.63, 3.8) is 0 Å². The summed E-state index contributed by atoms with van der Waals surface area (Å²) < 4.78 is 36.4. The minimum absolute atomic E-state index is 0.368. The maximum Gasteiger partial charge on any atom is 0.401 e. The predicted molar refractivity (Wildman–Crippen MR) is 49.6 cm³/mol. The summed E-state index contributed by atoms with van der Waals surface area (Å²) >= 11 is 0. The van der Waals surface area contributed by atoms with Gasteiger partial charge in [-0.3, -0.25) is 9.69 Å². The highest BCUT2D eigenvalue weighted by Gasteiger charge is 2.33. The molecule has 1 unspecified atom stereocenters. The van der Waals surface area contributed by atoms with Crippen molar-refractivity contribution < 1.29 is 23.1 Å². The third-order valence-electron chi connectivity index (χ3n) is 2.05. The van der Waals surface area contributed by atoms with Crippen LogP contribution in [0, 0.1) is 0 Å². The molecule has 0 aromatic carbocycles. The molecule has 0 heterocycles. The summed E-state index contributed by atoms with van der Waals surface area (Å²) in [5, 5.41) is 8.49. The van der Waals surface area contributed by atoms with Crippen LogP contribution in [0.15, 0.2) is 0 Å². The number of carboxylic acids is 1. The van der Waals surface area contributed by atoms with Gasteiger partial charge in [0.25, 0.3) is 0 Å². The predicted octanol–water partition coefficient (Wildman–Crippen LogP) is 2.12. The van der Waals surface area contributed by atoms with Crippen LogP contribution < -0.4 is 0 Å². The molecule has 0 saturated heterocycles. The third-order valence-corrected chi connectivity index (χ3v) is 2.05. The molecule has 0 aliphatic carbocycles. The van der Waals surface area contributed by atoms with E-state index >= 15 is 0 Å². The zero-order valence-corrected chi connectivity index (χ0v) is 8.84. The molecular formula is C9H16F3NO2. The second kappa shape index (κ2) is 5.95. The molecule has 0 bridgehead atoms. The maximum absolute atomic E-state index is 12.1. The van der Waals surface area contributed by atoms with E-state index in [-0.39, 0.29) is 6.04 Å². The molecule has 1 N–H and O–H groups in total. The number of carboxylic acid groups (broad SMARTS) is 1. The molecule has 0 rings (SSSR count). The number of hydrogen-bond acceptors (Lipinski definition) is 2. The summed E-state index contributed by atoms with van der Waals surface area (Å²) in [4.78, 5) is 11.3. The molecule has 90 valence electrons. The number of hydrogen-bond donors (Lipinski definition) is 1. The van der Waals surface area contributed by atoms with E-state index in [1.54, 1.807) is 6.92 Å². The Hall–Kier alpha value is -0.780. The first-order chi connectivity index (χ1) is 6.76. The second-order valence-corrected chi connectivity index (χ2v) is 3.55. The fourth-order valence-electron chi connectivity index (χ4n) is 1.37. The van der Waals surface area contributed by atoms with Gasteiger partial charge in [0, 0.05) is 6.04 Å². The fourth-order valence-corrected chi connectivity index (χ4v) is 1.37. The minimum atomic E-state index is -4.35. The summed E-state index contributed by atoms with van der Waals surface area (Å²) in [5.74, 6) is -1.23. The van der Waals surface area contributed by atoms with Crippen LogP contribution >= 0.6 is 0 Å². The van der Waals surface area contributed by atoms with Gasteiger partial charge >= 0.3 is 12.1 Å². The van der Waals surface area contributed by atoms with Crippen molar-refractivity contribution in [2.75, 3.05) is 13.1 Å². The monoisotopic (exact) mass is 227 g/mol. The highest BCUT2D eigenvalue weighted by Crippen LogP contribution is 2.19. The number of rotatable bonds is 6. The molecule has 0 saturated carbocycles. The Balaban J connectivity index is 4.36. The van der Waals surface area contributed by atoms with Gasteiger partial charge in [-0.05, 0) is 13.3 Å². The summed E-state index contributed by atoms with van der Waals surface area (Å²) in [7, 11) is 0. The largest absolute Gasteiger partial charge is 0.480 e. The number of aliphatic carboxylic acids is 1. The molecule has 3 nitrogen and oxygen atoms in total. The number of nitrogens with zero attached hydrogens (tertiary/aromatic N) is 1. The Bertz CT molecular complexity index is 206. The third kappa shape index (κ3) is 7.18. The van der Waals surface area contributed by atoms with Gasteiger partial charge in [-0.2, -0.15) is 13.2 Å². The van der Waals surface area contributed by atoms with E-state index in [0.29, 0.717) is 6.42 Å². The zero-order chi connectivity index (χ0) is 12.1. The van der Waals surface area contributed by atoms with Gasteiger partial charge in [0.05, 0.1) is 13.1 Å². The molecule has 0 fully saturated rings. The number of alkyl halides is 3. The molecule has 0 aromatic heterocycles. The smallest absolute Gasteiger partial charge is 0.401 e. The lowest BCUT2D eigenvalue weighted by Crippen LogP contribution is -2.43.